The average Bonchev–Trinajstić information content (AvgIpc) is 3.64. The number of carbonyl (C=O) groups is 3. The van der Waals surface area contributed by atoms with Crippen LogP contribution in [0.25, 0.3) is 10.4 Å². The number of amides is 2. The quantitative estimate of drug-likeness (QED) is 0.404. The first-order valence-corrected chi connectivity index (χ1v) is 14.7. The molecule has 2 aliphatic rings. The first-order valence-electron chi connectivity index (χ1n) is 13.8. The number of ketones is 1. The Hall–Kier alpha value is -3.43. The van der Waals surface area contributed by atoms with Crippen molar-refractivity contribution >= 4 is 28.9 Å². The van der Waals surface area contributed by atoms with E-state index in [0.29, 0.717) is 18.4 Å². The number of benzene rings is 2. The lowest BCUT2D eigenvalue weighted by Gasteiger charge is -2.36. The van der Waals surface area contributed by atoms with Crippen LogP contribution in [-0.4, -0.2) is 62.2 Å². The minimum absolute atomic E-state index is 0.0503. The van der Waals surface area contributed by atoms with Gasteiger partial charge in [-0.25, -0.2) is 9.37 Å². The molecular formula is C31H34FN3O4S. The first kappa shape index (κ1) is 28.1. The van der Waals surface area contributed by atoms with Crippen LogP contribution in [0, 0.1) is 18.7 Å². The Bertz CT molecular complexity index is 1420. The fraction of sp³-hybridized carbons (Fsp3) is 0.419. The van der Waals surface area contributed by atoms with Crippen molar-refractivity contribution in [1.82, 2.24) is 14.8 Å². The fourth-order valence-electron chi connectivity index (χ4n) is 5.80. The summed E-state index contributed by atoms with van der Waals surface area (Å²) >= 11 is 1.59. The molecule has 40 heavy (non-hydrogen) atoms. The van der Waals surface area contributed by atoms with Crippen molar-refractivity contribution in [3.05, 3.63) is 76.2 Å². The molecule has 2 aromatic carbocycles. The molecule has 0 radical (unpaired) electrons. The highest BCUT2D eigenvalue weighted by Crippen LogP contribution is 2.32. The van der Waals surface area contributed by atoms with Gasteiger partial charge in [0.25, 0.3) is 5.91 Å². The number of thiazole rings is 1. The van der Waals surface area contributed by atoms with E-state index < -0.39 is 24.0 Å². The number of β-amino-alcohol motifs (C(OH)–C–C–N with tert-alkyl or cyclic N) is 1. The molecule has 1 aromatic heterocycles. The molecule has 9 heteroatoms. The summed E-state index contributed by atoms with van der Waals surface area (Å²) in [7, 11) is 0. The molecule has 0 aliphatic carbocycles. The largest absolute Gasteiger partial charge is 0.391 e. The Kier molecular flexibility index (Phi) is 8.14. The second-order valence-corrected chi connectivity index (χ2v) is 11.7. The van der Waals surface area contributed by atoms with E-state index >= 15 is 0 Å². The third-order valence-corrected chi connectivity index (χ3v) is 9.21. The second kappa shape index (κ2) is 11.6. The number of halogens is 1. The molecule has 5 rings (SSSR count). The van der Waals surface area contributed by atoms with Crippen LogP contribution in [-0.2, 0) is 22.6 Å². The Morgan fingerprint density at radius 3 is 2.62 bits per heavy atom. The zero-order valence-corrected chi connectivity index (χ0v) is 23.8. The molecular weight excluding hydrogens is 529 g/mol. The normalized spacial score (nSPS) is 20.1. The van der Waals surface area contributed by atoms with Crippen LogP contribution in [0.5, 0.6) is 0 Å². The van der Waals surface area contributed by atoms with Crippen molar-refractivity contribution < 1.29 is 23.9 Å². The summed E-state index contributed by atoms with van der Waals surface area (Å²) in [5.41, 5.74) is 5.86. The van der Waals surface area contributed by atoms with Gasteiger partial charge in [0.05, 0.1) is 28.2 Å². The SMILES string of the molecule is CC[C@H](C)C(C(=O)N1C[C@H](O)C[C@H]1C(=O)CCc1ccc(-c2scnc2C)cc1)N1Cc2ccc(F)cc2C1=O. The van der Waals surface area contributed by atoms with Crippen molar-refractivity contribution in [2.45, 2.75) is 71.2 Å². The monoisotopic (exact) mass is 563 g/mol. The second-order valence-electron chi connectivity index (χ2n) is 10.9. The Labute approximate surface area is 237 Å². The molecule has 3 heterocycles. The highest BCUT2D eigenvalue weighted by atomic mass is 32.1. The van der Waals surface area contributed by atoms with Gasteiger partial charge in [-0.3, -0.25) is 14.4 Å². The Morgan fingerprint density at radius 2 is 1.95 bits per heavy atom. The number of hydrogen-bond donors (Lipinski definition) is 1. The zero-order chi connectivity index (χ0) is 28.6. The van der Waals surface area contributed by atoms with Crippen LogP contribution < -0.4 is 0 Å². The third kappa shape index (κ3) is 5.45. The van der Waals surface area contributed by atoms with E-state index in [-0.39, 0.29) is 55.0 Å². The predicted molar refractivity (Wildman–Crippen MR) is 151 cm³/mol. The van der Waals surface area contributed by atoms with E-state index in [0.717, 1.165) is 21.7 Å². The maximum Gasteiger partial charge on any atom is 0.255 e. The number of aromatic nitrogens is 1. The molecule has 4 atom stereocenters. The Balaban J connectivity index is 1.29. The third-order valence-electron chi connectivity index (χ3n) is 8.23. The highest BCUT2D eigenvalue weighted by molar-refractivity contribution is 7.13. The molecule has 3 aromatic rings. The summed E-state index contributed by atoms with van der Waals surface area (Å²) in [6.45, 7) is 6.09. The van der Waals surface area contributed by atoms with Gasteiger partial charge in [0, 0.05) is 31.5 Å². The summed E-state index contributed by atoms with van der Waals surface area (Å²) in [4.78, 5) is 49.1. The van der Waals surface area contributed by atoms with Gasteiger partial charge in [0.1, 0.15) is 11.9 Å². The molecule has 1 saturated heterocycles. The van der Waals surface area contributed by atoms with Gasteiger partial charge in [0.15, 0.2) is 5.78 Å². The number of aryl methyl sites for hydroxylation is 2. The number of hydrogen-bond acceptors (Lipinski definition) is 6. The van der Waals surface area contributed by atoms with Crippen molar-refractivity contribution in [3.63, 3.8) is 0 Å². The topological polar surface area (TPSA) is 90.8 Å². The number of nitrogens with zero attached hydrogens (tertiary/aromatic N) is 3. The van der Waals surface area contributed by atoms with Crippen molar-refractivity contribution in [2.75, 3.05) is 6.54 Å². The number of fused-ring (bicyclic) bond motifs is 1. The molecule has 1 N–H and O–H groups in total. The summed E-state index contributed by atoms with van der Waals surface area (Å²) in [5, 5.41) is 10.5. The van der Waals surface area contributed by atoms with E-state index in [1.54, 1.807) is 17.4 Å². The van der Waals surface area contributed by atoms with Crippen LogP contribution in [0.4, 0.5) is 4.39 Å². The average molecular weight is 564 g/mol. The maximum absolute atomic E-state index is 14.0. The molecule has 1 unspecified atom stereocenters. The van der Waals surface area contributed by atoms with E-state index in [9.17, 15) is 23.9 Å². The minimum Gasteiger partial charge on any atom is -0.391 e. The lowest BCUT2D eigenvalue weighted by Crippen LogP contribution is -2.54. The predicted octanol–water partition coefficient (Wildman–Crippen LogP) is 4.79. The van der Waals surface area contributed by atoms with Crippen molar-refractivity contribution in [1.29, 1.82) is 0 Å². The van der Waals surface area contributed by atoms with Gasteiger partial charge in [-0.05, 0) is 48.1 Å². The van der Waals surface area contributed by atoms with Crippen LogP contribution in [0.3, 0.4) is 0 Å². The molecule has 7 nitrogen and oxygen atoms in total. The number of Topliss-reactive ketones (excluding diaryl/α,β-unsaturated/α-hetero) is 1. The van der Waals surface area contributed by atoms with Gasteiger partial charge in [0.2, 0.25) is 5.91 Å². The summed E-state index contributed by atoms with van der Waals surface area (Å²) < 4.78 is 13.9. The van der Waals surface area contributed by atoms with Crippen LogP contribution >= 0.6 is 11.3 Å². The van der Waals surface area contributed by atoms with Gasteiger partial charge in [-0.2, -0.15) is 0 Å². The molecule has 210 valence electrons. The van der Waals surface area contributed by atoms with Crippen molar-refractivity contribution in [3.8, 4) is 10.4 Å². The van der Waals surface area contributed by atoms with Crippen LogP contribution in [0.2, 0.25) is 0 Å². The number of aliphatic hydroxyl groups is 1. The standard InChI is InChI=1S/C31H34FN3O4S/c1-4-18(2)28(35-15-22-10-11-23(32)13-25(22)30(35)38)31(39)34-16-24(36)14-26(34)27(37)12-7-20-5-8-21(9-6-20)29-19(3)33-17-40-29/h5-6,8-11,13,17-18,24,26,28,36H,4,7,12,14-16H2,1-3H3/t18-,24+,26-,28?/m0/s1. The van der Waals surface area contributed by atoms with E-state index in [4.69, 9.17) is 0 Å². The molecule has 2 aliphatic heterocycles. The van der Waals surface area contributed by atoms with E-state index in [1.807, 2.05) is 50.5 Å². The Morgan fingerprint density at radius 1 is 1.20 bits per heavy atom. The van der Waals surface area contributed by atoms with Crippen LogP contribution in [0.15, 0.2) is 48.0 Å². The van der Waals surface area contributed by atoms with E-state index in [2.05, 4.69) is 4.98 Å². The molecule has 2 amide bonds. The maximum atomic E-state index is 14.0. The van der Waals surface area contributed by atoms with Crippen LogP contribution in [0.1, 0.15) is 60.3 Å². The van der Waals surface area contributed by atoms with Gasteiger partial charge in [-0.1, -0.05) is 50.6 Å². The number of likely N-dealkylation sites (tertiary alicyclic amines) is 1. The lowest BCUT2D eigenvalue weighted by molar-refractivity contribution is -0.143. The number of aliphatic hydroxyl groups excluding tert-OH is 1. The smallest absolute Gasteiger partial charge is 0.255 e. The summed E-state index contributed by atoms with van der Waals surface area (Å²) in [6.07, 6.45) is 0.771. The summed E-state index contributed by atoms with van der Waals surface area (Å²) in [6, 6.07) is 10.6. The zero-order valence-electron chi connectivity index (χ0n) is 23.0. The van der Waals surface area contributed by atoms with E-state index in [1.165, 1.54) is 21.9 Å². The molecule has 0 saturated carbocycles. The molecule has 0 bridgehead atoms. The molecule has 1 fully saturated rings. The lowest BCUT2D eigenvalue weighted by atomic mass is 9.95. The summed E-state index contributed by atoms with van der Waals surface area (Å²) in [5.74, 6) is -1.51. The fourth-order valence-corrected chi connectivity index (χ4v) is 6.61. The van der Waals surface area contributed by atoms with Gasteiger partial charge >= 0.3 is 0 Å². The van der Waals surface area contributed by atoms with Crippen molar-refractivity contribution in [2.24, 2.45) is 5.92 Å². The first-order chi connectivity index (χ1) is 19.2. The molecule has 0 spiro atoms. The number of carbonyl (C=O) groups excluding carboxylic acids is 3. The minimum atomic E-state index is -0.809. The van der Waals surface area contributed by atoms with Gasteiger partial charge in [-0.15, -0.1) is 11.3 Å². The highest BCUT2D eigenvalue weighted by Gasteiger charge is 2.46. The number of rotatable bonds is 9. The van der Waals surface area contributed by atoms with Gasteiger partial charge < -0.3 is 14.9 Å².